The minimum absolute atomic E-state index is 0.175. The minimum Gasteiger partial charge on any atom is -0.298 e. The third-order valence-electron chi connectivity index (χ3n) is 3.29. The lowest BCUT2D eigenvalue weighted by Gasteiger charge is -2.36. The maximum absolute atomic E-state index is 13.5. The van der Waals surface area contributed by atoms with Crippen LogP contribution in [-0.2, 0) is 4.79 Å². The Balaban J connectivity index is 6.19. The number of unbranched alkanes of at least 4 members (excludes halogenated alkanes) is 2. The molecule has 0 bridgehead atoms. The van der Waals surface area contributed by atoms with Crippen LogP contribution in [-0.4, -0.2) is 36.2 Å². The van der Waals surface area contributed by atoms with E-state index in [9.17, 15) is 57.5 Å². The number of carbonyl (C=O) groups is 1. The first kappa shape index (κ1) is 24.6. The summed E-state index contributed by atoms with van der Waals surface area (Å²) in [5, 5.41) is 0. The molecule has 0 saturated carbocycles. The molecule has 0 fully saturated rings. The predicted octanol–water partition coefficient (Wildman–Crippen LogP) is 6.09. The summed E-state index contributed by atoms with van der Waals surface area (Å²) in [6.45, 7) is 1.56. The molecule has 0 aromatic heterocycles. The van der Waals surface area contributed by atoms with Crippen LogP contribution in [0, 0.1) is 0 Å². The number of hydrogen-bond donors (Lipinski definition) is 0. The van der Waals surface area contributed by atoms with Gasteiger partial charge in [0.15, 0.2) is 5.83 Å². The van der Waals surface area contributed by atoms with E-state index in [4.69, 9.17) is 0 Å². The topological polar surface area (TPSA) is 17.1 Å². The number of carbonyl (C=O) groups excluding carboxylic acids is 1. The fourth-order valence-electron chi connectivity index (χ4n) is 1.70. The molecule has 0 aliphatic heterocycles. The Morgan fingerprint density at radius 1 is 0.769 bits per heavy atom. The second-order valence-electron chi connectivity index (χ2n) is 5.21. The van der Waals surface area contributed by atoms with Gasteiger partial charge in [-0.15, -0.1) is 0 Å². The van der Waals surface area contributed by atoms with Gasteiger partial charge in [-0.05, 0) is 12.8 Å². The summed E-state index contributed by atoms with van der Waals surface area (Å²) in [5.41, 5.74) is -1.74. The first-order valence-electron chi connectivity index (χ1n) is 6.85. The lowest BCUT2D eigenvalue weighted by molar-refractivity contribution is -0.419. The highest BCUT2D eigenvalue weighted by Gasteiger charge is 2.88. The van der Waals surface area contributed by atoms with E-state index in [1.807, 2.05) is 0 Å². The molecule has 0 N–H and O–H groups in total. The van der Waals surface area contributed by atoms with E-state index in [1.165, 1.54) is 0 Å². The van der Waals surface area contributed by atoms with Gasteiger partial charge in [-0.1, -0.05) is 19.8 Å². The van der Waals surface area contributed by atoms with Crippen LogP contribution in [0.5, 0.6) is 0 Å². The zero-order valence-electron chi connectivity index (χ0n) is 12.8. The monoisotopic (exact) mass is 412 g/mol. The van der Waals surface area contributed by atoms with Gasteiger partial charge < -0.3 is 0 Å². The molecule has 0 heterocycles. The Hall–Kier alpha value is -1.43. The van der Waals surface area contributed by atoms with E-state index < -0.39 is 54.0 Å². The molecular formula is C13H12F12O. The van der Waals surface area contributed by atoms with E-state index in [0.717, 1.165) is 0 Å². The molecule has 0 spiro atoms. The molecule has 0 aromatic carbocycles. The zero-order chi connectivity index (χ0) is 21.2. The average molecular weight is 412 g/mol. The number of aldehydes is 1. The minimum atomic E-state index is -7.71. The van der Waals surface area contributed by atoms with Gasteiger partial charge in [-0.25, -0.2) is 4.39 Å². The second kappa shape index (κ2) is 7.67. The molecule has 0 atom stereocenters. The van der Waals surface area contributed by atoms with E-state index in [2.05, 4.69) is 0 Å². The van der Waals surface area contributed by atoms with Crippen molar-refractivity contribution in [3.05, 3.63) is 11.4 Å². The maximum atomic E-state index is 13.5. The van der Waals surface area contributed by atoms with Crippen molar-refractivity contribution in [2.75, 3.05) is 0 Å². The Morgan fingerprint density at radius 2 is 1.23 bits per heavy atom. The number of hydrogen-bond acceptors (Lipinski definition) is 1. The molecule has 0 saturated heterocycles. The van der Waals surface area contributed by atoms with E-state index >= 15 is 0 Å². The first-order chi connectivity index (χ1) is 11.4. The van der Waals surface area contributed by atoms with Crippen LogP contribution in [0.4, 0.5) is 52.7 Å². The van der Waals surface area contributed by atoms with Crippen molar-refractivity contribution in [2.45, 2.75) is 62.5 Å². The van der Waals surface area contributed by atoms with Crippen LogP contribution in [0.3, 0.4) is 0 Å². The molecule has 13 heteroatoms. The van der Waals surface area contributed by atoms with Gasteiger partial charge in [0.25, 0.3) is 0 Å². The van der Waals surface area contributed by atoms with Gasteiger partial charge in [-0.3, -0.25) is 4.79 Å². The van der Waals surface area contributed by atoms with Gasteiger partial charge in [0.05, 0.1) is 0 Å². The van der Waals surface area contributed by atoms with Crippen molar-refractivity contribution < 1.29 is 57.5 Å². The van der Waals surface area contributed by atoms with Crippen LogP contribution >= 0.6 is 0 Å². The third kappa shape index (κ3) is 3.95. The highest BCUT2D eigenvalue weighted by atomic mass is 19.4. The molecule has 0 amide bonds. The molecule has 0 aliphatic carbocycles. The largest absolute Gasteiger partial charge is 0.460 e. The van der Waals surface area contributed by atoms with Gasteiger partial charge in [0.1, 0.15) is 6.29 Å². The van der Waals surface area contributed by atoms with Gasteiger partial charge in [-0.2, -0.15) is 48.3 Å². The van der Waals surface area contributed by atoms with Gasteiger partial charge >= 0.3 is 29.9 Å². The van der Waals surface area contributed by atoms with Crippen LogP contribution in [0.2, 0.25) is 0 Å². The highest BCUT2D eigenvalue weighted by molar-refractivity contribution is 5.74. The Bertz CT molecular complexity index is 532. The normalized spacial score (nSPS) is 15.7. The predicted molar refractivity (Wildman–Crippen MR) is 64.2 cm³/mol. The van der Waals surface area contributed by atoms with Crippen LogP contribution < -0.4 is 0 Å². The number of halogens is 12. The Morgan fingerprint density at radius 3 is 1.58 bits per heavy atom. The summed E-state index contributed by atoms with van der Waals surface area (Å²) in [7, 11) is 0. The number of alkyl halides is 11. The van der Waals surface area contributed by atoms with Crippen molar-refractivity contribution in [1.29, 1.82) is 0 Å². The van der Waals surface area contributed by atoms with Crippen LogP contribution in [0.25, 0.3) is 0 Å². The fraction of sp³-hybridized carbons (Fsp3) is 0.769. The van der Waals surface area contributed by atoms with Crippen molar-refractivity contribution in [3.8, 4) is 0 Å². The first-order valence-corrected chi connectivity index (χ1v) is 6.85. The number of rotatable bonds is 9. The zero-order valence-corrected chi connectivity index (χ0v) is 12.8. The maximum Gasteiger partial charge on any atom is 0.460 e. The standard InChI is InChI=1S/C13H12F12O/c1-2-3-4-5-7(6-26)8(14)9(15,16)10(17,18)11(19,20)12(21,22)13(23,24)25/h6H,2-5H2,1H3/b8-7+. The molecule has 26 heavy (non-hydrogen) atoms. The number of allylic oxidation sites excluding steroid dienone is 2. The van der Waals surface area contributed by atoms with Crippen molar-refractivity contribution in [3.63, 3.8) is 0 Å². The average Bonchev–Trinajstić information content (AvgIpc) is 2.49. The van der Waals surface area contributed by atoms with E-state index in [-0.39, 0.29) is 12.8 Å². The second-order valence-corrected chi connectivity index (χ2v) is 5.21. The summed E-state index contributed by atoms with van der Waals surface area (Å²) in [6, 6.07) is 0. The summed E-state index contributed by atoms with van der Waals surface area (Å²) in [4.78, 5) is 10.5. The third-order valence-corrected chi connectivity index (χ3v) is 3.29. The summed E-state index contributed by atoms with van der Waals surface area (Å²) >= 11 is 0. The lowest BCUT2D eigenvalue weighted by atomic mass is 9.94. The summed E-state index contributed by atoms with van der Waals surface area (Å²) in [6.07, 6.45) is -8.66. The molecule has 154 valence electrons. The molecule has 0 aromatic rings. The molecule has 0 unspecified atom stereocenters. The Labute approximate surface area is 139 Å². The van der Waals surface area contributed by atoms with Crippen molar-refractivity contribution in [1.82, 2.24) is 0 Å². The molecule has 1 nitrogen and oxygen atoms in total. The van der Waals surface area contributed by atoms with E-state index in [1.54, 1.807) is 6.92 Å². The smallest absolute Gasteiger partial charge is 0.298 e. The highest BCUT2D eigenvalue weighted by Crippen LogP contribution is 2.59. The fourth-order valence-corrected chi connectivity index (χ4v) is 1.70. The molecule has 0 radical (unpaired) electrons. The molecule has 0 rings (SSSR count). The van der Waals surface area contributed by atoms with E-state index in [0.29, 0.717) is 6.42 Å². The van der Waals surface area contributed by atoms with Gasteiger partial charge in [0, 0.05) is 5.57 Å². The van der Waals surface area contributed by atoms with Crippen LogP contribution in [0.1, 0.15) is 32.6 Å². The SMILES string of the molecule is CCCCC/C(C=O)=C(\F)C(F)(F)C(F)(F)C(F)(F)C(F)(F)C(F)(F)F. The lowest BCUT2D eigenvalue weighted by Crippen LogP contribution is -2.66. The molecular weight excluding hydrogens is 400 g/mol. The quantitative estimate of drug-likeness (QED) is 0.194. The summed E-state index contributed by atoms with van der Waals surface area (Å²) in [5.74, 6) is -33.1. The van der Waals surface area contributed by atoms with Gasteiger partial charge in [0.2, 0.25) is 0 Å². The van der Waals surface area contributed by atoms with Crippen LogP contribution in [0.15, 0.2) is 11.4 Å². The Kier molecular flexibility index (Phi) is 7.25. The summed E-state index contributed by atoms with van der Waals surface area (Å²) < 4.78 is 154. The van der Waals surface area contributed by atoms with Crippen molar-refractivity contribution in [2.24, 2.45) is 0 Å². The molecule has 0 aliphatic rings. The van der Waals surface area contributed by atoms with Crippen molar-refractivity contribution >= 4 is 6.29 Å².